The average Bonchev–Trinajstić information content (AvgIpc) is 3.04. The van der Waals surface area contributed by atoms with Gasteiger partial charge in [0, 0.05) is 24.7 Å². The molecule has 0 radical (unpaired) electrons. The number of benzene rings is 3. The summed E-state index contributed by atoms with van der Waals surface area (Å²) in [5.74, 6) is 0. The van der Waals surface area contributed by atoms with E-state index in [0.29, 0.717) is 5.46 Å². The molecular weight excluding hydrogens is 312 g/mol. The molecule has 0 saturated carbocycles. The summed E-state index contributed by atoms with van der Waals surface area (Å²) in [6.07, 6.45) is 2.11. The number of fused-ring (bicyclic) bond motifs is 2. The summed E-state index contributed by atoms with van der Waals surface area (Å²) in [6.45, 7) is -3.24. The second-order valence-electron chi connectivity index (χ2n) is 7.32. The summed E-state index contributed by atoms with van der Waals surface area (Å²) < 4.78 is 51.4. The van der Waals surface area contributed by atoms with E-state index in [1.165, 1.54) is 0 Å². The molecule has 0 saturated heterocycles. The lowest BCUT2D eigenvalue weighted by Crippen LogP contribution is -2.74. The Bertz CT molecular complexity index is 1260. The molecule has 1 nitrogen and oxygen atoms in total. The summed E-state index contributed by atoms with van der Waals surface area (Å²) >= 11 is 0. The van der Waals surface area contributed by atoms with Crippen molar-refractivity contribution in [2.75, 3.05) is 7.05 Å². The van der Waals surface area contributed by atoms with Gasteiger partial charge in [0.2, 0.25) is 6.71 Å². The maximum Gasteiger partial charge on any atom is 0.553 e. The third-order valence-corrected chi connectivity index (χ3v) is 5.85. The molecule has 0 atom stereocenters. The van der Waals surface area contributed by atoms with Crippen LogP contribution >= 0.6 is 0 Å². The van der Waals surface area contributed by atoms with Crippen LogP contribution in [0.3, 0.4) is 0 Å². The normalized spacial score (nSPS) is 18.6. The van der Waals surface area contributed by atoms with Crippen molar-refractivity contribution in [3.8, 4) is 0 Å². The van der Waals surface area contributed by atoms with Gasteiger partial charge in [0.15, 0.2) is 0 Å². The Kier molecular flexibility index (Phi) is 2.23. The van der Waals surface area contributed by atoms with Gasteiger partial charge in [-0.1, -0.05) is 76.0 Å². The van der Waals surface area contributed by atoms with E-state index in [2.05, 4.69) is 36.8 Å². The Morgan fingerprint density at radius 2 is 1.38 bits per heavy atom. The Morgan fingerprint density at radius 1 is 0.769 bits per heavy atom. The predicted molar refractivity (Wildman–Crippen MR) is 115 cm³/mol. The Hall–Kier alpha value is -2.54. The molecule has 3 heteroatoms. The highest BCUT2D eigenvalue weighted by atomic mass is 14.9. The van der Waals surface area contributed by atoms with Crippen LogP contribution in [-0.4, -0.2) is 31.3 Å². The highest BCUT2D eigenvalue weighted by Crippen LogP contribution is 2.12. The average molecular weight is 340 g/mol. The molecule has 0 spiro atoms. The first kappa shape index (κ1) is 10.6. The maximum atomic E-state index is 8.21. The van der Waals surface area contributed by atoms with Crippen LogP contribution in [0.5, 0.6) is 0 Å². The first-order chi connectivity index (χ1) is 15.0. The summed E-state index contributed by atoms with van der Waals surface area (Å²) in [5.41, 5.74) is 7.03. The molecule has 0 unspecified atom stereocenters. The molecule has 0 aromatic heterocycles. The van der Waals surface area contributed by atoms with E-state index in [9.17, 15) is 0 Å². The predicted octanol–water partition coefficient (Wildman–Crippen LogP) is 0.622. The highest BCUT2D eigenvalue weighted by molar-refractivity contribution is 7.07. The van der Waals surface area contributed by atoms with Crippen molar-refractivity contribution >= 4 is 47.1 Å². The van der Waals surface area contributed by atoms with Crippen molar-refractivity contribution < 1.29 is 12.7 Å². The van der Waals surface area contributed by atoms with E-state index >= 15 is 0 Å². The van der Waals surface area contributed by atoms with E-state index in [0.717, 1.165) is 33.0 Å². The minimum absolute atomic E-state index is 0.0322. The van der Waals surface area contributed by atoms with Gasteiger partial charge in [-0.25, -0.2) is 0 Å². The van der Waals surface area contributed by atoms with E-state index in [-0.39, 0.29) is 18.0 Å². The number of hydrogen-bond acceptors (Lipinski definition) is 0. The minimum atomic E-state index is -2.43. The second-order valence-corrected chi connectivity index (χ2v) is 7.32. The van der Waals surface area contributed by atoms with Crippen molar-refractivity contribution in [2.45, 2.75) is 20.6 Å². The fraction of sp³-hybridized carbons (Fsp3) is 0.174. The van der Waals surface area contributed by atoms with Crippen LogP contribution in [0.2, 0.25) is 0 Å². The van der Waals surface area contributed by atoms with Crippen LogP contribution in [0.15, 0.2) is 54.6 Å². The van der Waals surface area contributed by atoms with Crippen molar-refractivity contribution in [3.05, 3.63) is 76.9 Å². The van der Waals surface area contributed by atoms with Gasteiger partial charge in [0.05, 0.1) is 0 Å². The second kappa shape index (κ2) is 5.48. The molecule has 3 aromatic carbocycles. The third-order valence-electron chi connectivity index (χ3n) is 5.85. The van der Waals surface area contributed by atoms with Crippen LogP contribution in [-0.2, 0) is 0 Å². The maximum absolute atomic E-state index is 8.21. The molecule has 26 heavy (non-hydrogen) atoms. The molecule has 0 aliphatic carbocycles. The first-order valence-electron chi connectivity index (χ1n) is 11.9. The summed E-state index contributed by atoms with van der Waals surface area (Å²) in [6, 6.07) is 16.8. The monoisotopic (exact) mass is 340 g/mol. The fourth-order valence-electron chi connectivity index (χ4n) is 4.81. The van der Waals surface area contributed by atoms with Crippen molar-refractivity contribution in [2.24, 2.45) is 0 Å². The third kappa shape index (κ3) is 1.97. The molecule has 2 aliphatic rings. The molecule has 124 valence electrons. The quantitative estimate of drug-likeness (QED) is 0.572. The zero-order valence-corrected chi connectivity index (χ0v) is 14.9. The smallest absolute Gasteiger partial charge is 0.315 e. The fourth-order valence-corrected chi connectivity index (χ4v) is 4.81. The molecule has 5 rings (SSSR count). The Labute approximate surface area is 165 Å². The molecule has 0 N–H and O–H groups in total. The number of rotatable bonds is 1. The summed E-state index contributed by atoms with van der Waals surface area (Å²) in [5, 5.41) is 0. The van der Waals surface area contributed by atoms with Gasteiger partial charge in [-0.05, 0) is 32.3 Å². The summed E-state index contributed by atoms with van der Waals surface area (Å²) in [4.78, 5) is 0. The SMILES string of the molecule is [2H]C([2H])([2H])c1cccc(C([2H])([2H])[2H])c1B1c2cccc(C)c2B2c3c(cccc31)C=[N+]2C. The number of nitrogens with zero attached hydrogens (tertiary/aromatic N) is 1. The van der Waals surface area contributed by atoms with Crippen LogP contribution < -0.4 is 27.3 Å². The lowest BCUT2D eigenvalue weighted by molar-refractivity contribution is -0.338. The van der Waals surface area contributed by atoms with E-state index in [1.807, 2.05) is 24.3 Å². The van der Waals surface area contributed by atoms with Gasteiger partial charge in [-0.3, -0.25) is 0 Å². The van der Waals surface area contributed by atoms with Crippen molar-refractivity contribution in [1.82, 2.24) is 0 Å². The van der Waals surface area contributed by atoms with Gasteiger partial charge in [0.25, 0.3) is 0 Å². The number of hydrogen-bond donors (Lipinski definition) is 0. The zero-order chi connectivity index (χ0) is 23.0. The molecule has 0 fully saturated rings. The standard InChI is InChI=1S/C23H22B2N/c1-15-8-5-9-16(2)21(15)24-19-12-6-10-17(3)22(19)25-23-18(14-26(25)4)11-7-13-20(23)24/h5-14H,1-4H3/q+1/i1D3,2D3. The lowest BCUT2D eigenvalue weighted by atomic mass is 9.24. The molecule has 0 bridgehead atoms. The molecule has 2 aliphatic heterocycles. The van der Waals surface area contributed by atoms with E-state index in [4.69, 9.17) is 8.22 Å². The zero-order valence-electron chi connectivity index (χ0n) is 20.9. The van der Waals surface area contributed by atoms with E-state index in [1.54, 1.807) is 18.2 Å². The Balaban J connectivity index is 1.93. The number of aryl methyl sites for hydroxylation is 3. The van der Waals surface area contributed by atoms with Gasteiger partial charge < -0.3 is 4.49 Å². The van der Waals surface area contributed by atoms with Crippen LogP contribution in [0.25, 0.3) is 0 Å². The van der Waals surface area contributed by atoms with Crippen LogP contribution in [0.1, 0.15) is 30.5 Å². The van der Waals surface area contributed by atoms with Crippen LogP contribution in [0.4, 0.5) is 0 Å². The van der Waals surface area contributed by atoms with Gasteiger partial charge in [-0.2, -0.15) is 0 Å². The Morgan fingerprint density at radius 3 is 2.12 bits per heavy atom. The van der Waals surface area contributed by atoms with Gasteiger partial charge >= 0.3 is 6.85 Å². The topological polar surface area (TPSA) is 3.01 Å². The van der Waals surface area contributed by atoms with Crippen LogP contribution in [0, 0.1) is 20.6 Å². The minimum Gasteiger partial charge on any atom is -0.315 e. The van der Waals surface area contributed by atoms with Gasteiger partial charge in [-0.15, -0.1) is 0 Å². The highest BCUT2D eigenvalue weighted by Gasteiger charge is 2.50. The largest absolute Gasteiger partial charge is 0.553 e. The van der Waals surface area contributed by atoms with E-state index < -0.39 is 20.4 Å². The summed E-state index contributed by atoms with van der Waals surface area (Å²) in [7, 11) is 2.05. The molecule has 0 amide bonds. The molecular formula is C23H22B2N+. The lowest BCUT2D eigenvalue weighted by Gasteiger charge is -2.29. The van der Waals surface area contributed by atoms with Crippen molar-refractivity contribution in [3.63, 3.8) is 0 Å². The van der Waals surface area contributed by atoms with Gasteiger partial charge in [0.1, 0.15) is 13.3 Å². The van der Waals surface area contributed by atoms with Crippen molar-refractivity contribution in [1.29, 1.82) is 0 Å². The first-order valence-corrected chi connectivity index (χ1v) is 8.93. The molecule has 2 heterocycles. The molecule has 3 aromatic rings.